The van der Waals surface area contributed by atoms with Gasteiger partial charge in [0.15, 0.2) is 0 Å². The average Bonchev–Trinajstić information content (AvgIpc) is 2.46. The van der Waals surface area contributed by atoms with Gasteiger partial charge in [-0.05, 0) is 42.0 Å². The summed E-state index contributed by atoms with van der Waals surface area (Å²) >= 11 is 5.83. The number of ether oxygens (including phenoxy) is 2. The Hall–Kier alpha value is -1.71. The predicted molar refractivity (Wildman–Crippen MR) is 82.6 cm³/mol. The van der Waals surface area contributed by atoms with Crippen molar-refractivity contribution in [3.63, 3.8) is 0 Å². The number of halogens is 1. The Morgan fingerprint density at radius 3 is 2.65 bits per heavy atom. The Labute approximate surface area is 124 Å². The van der Waals surface area contributed by atoms with Gasteiger partial charge in [-0.3, -0.25) is 0 Å². The van der Waals surface area contributed by atoms with Crippen LogP contribution in [0.4, 0.5) is 5.69 Å². The highest BCUT2D eigenvalue weighted by Gasteiger charge is 1.97. The van der Waals surface area contributed by atoms with Gasteiger partial charge in [-0.2, -0.15) is 0 Å². The number of hydrogen-bond donors (Lipinski definition) is 1. The summed E-state index contributed by atoms with van der Waals surface area (Å²) in [5.41, 5.74) is 2.14. The summed E-state index contributed by atoms with van der Waals surface area (Å²) < 4.78 is 10.8. The largest absolute Gasteiger partial charge is 0.492 e. The second kappa shape index (κ2) is 7.78. The van der Waals surface area contributed by atoms with E-state index in [9.17, 15) is 0 Å². The van der Waals surface area contributed by atoms with E-state index in [-0.39, 0.29) is 0 Å². The van der Waals surface area contributed by atoms with Crippen LogP contribution in [0, 0.1) is 0 Å². The molecule has 0 heterocycles. The summed E-state index contributed by atoms with van der Waals surface area (Å²) in [5.74, 6) is 0.859. The molecule has 0 aliphatic carbocycles. The lowest BCUT2D eigenvalue weighted by atomic mass is 10.2. The highest BCUT2D eigenvalue weighted by atomic mass is 35.5. The summed E-state index contributed by atoms with van der Waals surface area (Å²) in [5, 5.41) is 4.01. The quantitative estimate of drug-likeness (QED) is 0.783. The fraction of sp³-hybridized carbons (Fsp3) is 0.250. The molecule has 0 fully saturated rings. The van der Waals surface area contributed by atoms with Crippen molar-refractivity contribution in [3.8, 4) is 5.75 Å². The minimum atomic E-state index is 0.596. The number of hydrogen-bond acceptors (Lipinski definition) is 3. The molecule has 2 aromatic carbocycles. The maximum absolute atomic E-state index is 5.83. The summed E-state index contributed by atoms with van der Waals surface area (Å²) in [6, 6.07) is 15.5. The lowest BCUT2D eigenvalue weighted by Crippen LogP contribution is -2.11. The molecule has 0 spiro atoms. The van der Waals surface area contributed by atoms with Crippen LogP contribution in [0.2, 0.25) is 5.02 Å². The number of anilines is 1. The van der Waals surface area contributed by atoms with Crippen LogP contribution in [0.1, 0.15) is 5.56 Å². The molecule has 2 rings (SSSR count). The zero-order chi connectivity index (χ0) is 14.2. The molecule has 106 valence electrons. The number of nitrogens with one attached hydrogen (secondary N) is 1. The number of methoxy groups -OCH3 is 1. The van der Waals surface area contributed by atoms with E-state index in [1.54, 1.807) is 7.11 Å². The van der Waals surface area contributed by atoms with Crippen molar-refractivity contribution >= 4 is 17.3 Å². The fourth-order valence-electron chi connectivity index (χ4n) is 1.82. The third kappa shape index (κ3) is 4.76. The predicted octanol–water partition coefficient (Wildman–Crippen LogP) is 3.98. The summed E-state index contributed by atoms with van der Waals surface area (Å²) in [4.78, 5) is 0. The highest BCUT2D eigenvalue weighted by Crippen LogP contribution is 2.15. The Bertz CT molecular complexity index is 528. The first-order valence-corrected chi connectivity index (χ1v) is 6.86. The molecule has 0 saturated heterocycles. The van der Waals surface area contributed by atoms with Gasteiger partial charge in [0.05, 0.1) is 6.61 Å². The Morgan fingerprint density at radius 1 is 1.10 bits per heavy atom. The third-order valence-electron chi connectivity index (χ3n) is 2.75. The van der Waals surface area contributed by atoms with E-state index in [0.29, 0.717) is 13.2 Å². The van der Waals surface area contributed by atoms with Crippen LogP contribution in [0.25, 0.3) is 0 Å². The van der Waals surface area contributed by atoms with Crippen LogP contribution in [-0.2, 0) is 11.3 Å². The maximum Gasteiger partial charge on any atom is 0.119 e. The minimum absolute atomic E-state index is 0.596. The molecule has 0 radical (unpaired) electrons. The first-order valence-electron chi connectivity index (χ1n) is 6.48. The zero-order valence-electron chi connectivity index (χ0n) is 11.4. The molecule has 0 amide bonds. The van der Waals surface area contributed by atoms with Gasteiger partial charge in [0.25, 0.3) is 0 Å². The molecule has 0 aromatic heterocycles. The van der Waals surface area contributed by atoms with E-state index in [4.69, 9.17) is 21.1 Å². The van der Waals surface area contributed by atoms with Gasteiger partial charge in [-0.1, -0.05) is 23.7 Å². The molecule has 0 unspecified atom stereocenters. The molecule has 0 bridgehead atoms. The Balaban J connectivity index is 1.75. The number of rotatable bonds is 7. The third-order valence-corrected chi connectivity index (χ3v) is 3.01. The van der Waals surface area contributed by atoms with Crippen molar-refractivity contribution in [2.24, 2.45) is 0 Å². The van der Waals surface area contributed by atoms with Crippen LogP contribution >= 0.6 is 11.6 Å². The zero-order valence-corrected chi connectivity index (χ0v) is 12.2. The van der Waals surface area contributed by atoms with E-state index < -0.39 is 0 Å². The molecular weight excluding hydrogens is 274 g/mol. The second-order valence-corrected chi connectivity index (χ2v) is 4.80. The van der Waals surface area contributed by atoms with Crippen LogP contribution in [-0.4, -0.2) is 20.3 Å². The molecular formula is C16H18ClNO2. The molecule has 2 aromatic rings. The molecule has 0 atom stereocenters. The van der Waals surface area contributed by atoms with E-state index in [1.165, 1.54) is 0 Å². The van der Waals surface area contributed by atoms with Crippen molar-refractivity contribution in [1.82, 2.24) is 0 Å². The minimum Gasteiger partial charge on any atom is -0.492 e. The summed E-state index contributed by atoms with van der Waals surface area (Å²) in [6.07, 6.45) is 0. The molecule has 3 nitrogen and oxygen atoms in total. The number of benzene rings is 2. The van der Waals surface area contributed by atoms with Crippen LogP contribution < -0.4 is 10.1 Å². The molecule has 1 N–H and O–H groups in total. The average molecular weight is 292 g/mol. The fourth-order valence-corrected chi connectivity index (χ4v) is 1.95. The SMILES string of the molecule is COCc1cccc(OCCNc2ccc(Cl)cc2)c1. The molecule has 0 aliphatic rings. The Kier molecular flexibility index (Phi) is 5.71. The van der Waals surface area contributed by atoms with Gasteiger partial charge in [0.1, 0.15) is 12.4 Å². The highest BCUT2D eigenvalue weighted by molar-refractivity contribution is 6.30. The standard InChI is InChI=1S/C16H18ClNO2/c1-19-12-13-3-2-4-16(11-13)20-10-9-18-15-7-5-14(17)6-8-15/h2-8,11,18H,9-10,12H2,1H3. The lowest BCUT2D eigenvalue weighted by Gasteiger charge is -2.09. The Morgan fingerprint density at radius 2 is 1.90 bits per heavy atom. The lowest BCUT2D eigenvalue weighted by molar-refractivity contribution is 0.184. The molecule has 20 heavy (non-hydrogen) atoms. The summed E-state index contributed by atoms with van der Waals surface area (Å²) in [7, 11) is 1.68. The monoisotopic (exact) mass is 291 g/mol. The van der Waals surface area contributed by atoms with Crippen molar-refractivity contribution in [2.75, 3.05) is 25.6 Å². The van der Waals surface area contributed by atoms with E-state index in [2.05, 4.69) is 5.32 Å². The maximum atomic E-state index is 5.83. The molecule has 4 heteroatoms. The summed E-state index contributed by atoms with van der Waals surface area (Å²) in [6.45, 7) is 1.93. The van der Waals surface area contributed by atoms with Crippen LogP contribution in [0.5, 0.6) is 5.75 Å². The van der Waals surface area contributed by atoms with Crippen molar-refractivity contribution in [2.45, 2.75) is 6.61 Å². The second-order valence-electron chi connectivity index (χ2n) is 4.36. The molecule has 0 aliphatic heterocycles. The van der Waals surface area contributed by atoms with Gasteiger partial charge in [0.2, 0.25) is 0 Å². The van der Waals surface area contributed by atoms with Gasteiger partial charge in [-0.25, -0.2) is 0 Å². The van der Waals surface area contributed by atoms with E-state index >= 15 is 0 Å². The smallest absolute Gasteiger partial charge is 0.119 e. The molecule has 0 saturated carbocycles. The van der Waals surface area contributed by atoms with Crippen molar-refractivity contribution < 1.29 is 9.47 Å². The van der Waals surface area contributed by atoms with Gasteiger partial charge < -0.3 is 14.8 Å². The van der Waals surface area contributed by atoms with Crippen molar-refractivity contribution in [3.05, 3.63) is 59.1 Å². The van der Waals surface area contributed by atoms with Crippen LogP contribution in [0.15, 0.2) is 48.5 Å². The van der Waals surface area contributed by atoms with Gasteiger partial charge in [-0.15, -0.1) is 0 Å². The first-order chi connectivity index (χ1) is 9.78. The van der Waals surface area contributed by atoms with E-state index in [0.717, 1.165) is 28.6 Å². The van der Waals surface area contributed by atoms with Crippen molar-refractivity contribution in [1.29, 1.82) is 0 Å². The van der Waals surface area contributed by atoms with E-state index in [1.807, 2.05) is 48.5 Å². The van der Waals surface area contributed by atoms with Gasteiger partial charge in [0, 0.05) is 24.4 Å². The topological polar surface area (TPSA) is 30.5 Å². The van der Waals surface area contributed by atoms with Gasteiger partial charge >= 0.3 is 0 Å². The normalized spacial score (nSPS) is 10.3. The van der Waals surface area contributed by atoms with Crippen LogP contribution in [0.3, 0.4) is 0 Å². The first kappa shape index (κ1) is 14.7.